The molecule has 9 nitrogen and oxygen atoms in total. The van der Waals surface area contributed by atoms with Gasteiger partial charge in [-0.15, -0.1) is 10.2 Å². The molecule has 0 bridgehead atoms. The zero-order valence-corrected chi connectivity index (χ0v) is 17.0. The first-order valence-corrected chi connectivity index (χ1v) is 9.10. The van der Waals surface area contributed by atoms with Crippen LogP contribution in [0, 0.1) is 6.57 Å². The highest BCUT2D eigenvalue weighted by Crippen LogP contribution is 2.38. The van der Waals surface area contributed by atoms with Crippen molar-refractivity contribution in [2.24, 2.45) is 10.2 Å². The first-order valence-electron chi connectivity index (χ1n) is 9.10. The number of hydrogen-bond acceptors (Lipinski definition) is 5. The Bertz CT molecular complexity index is 1030. The molecule has 0 saturated carbocycles. The van der Waals surface area contributed by atoms with Gasteiger partial charge in [-0.2, -0.15) is 5.10 Å². The fraction of sp³-hybridized carbons (Fsp3) is 0.350. The van der Waals surface area contributed by atoms with Crippen LogP contribution in [0.4, 0.5) is 22.0 Å². The molecule has 2 amide bonds. The van der Waals surface area contributed by atoms with Crippen LogP contribution in [0.15, 0.2) is 52.1 Å². The molecule has 2 N–H and O–H groups in total. The topological polar surface area (TPSA) is 102 Å². The van der Waals surface area contributed by atoms with E-state index in [1.807, 2.05) is 26.8 Å². The summed E-state index contributed by atoms with van der Waals surface area (Å²) in [5.74, 6) is -0.0845. The van der Waals surface area contributed by atoms with Crippen molar-refractivity contribution in [1.82, 2.24) is 15.1 Å². The number of hydrogen-bond donors (Lipinski definition) is 2. The maximum atomic E-state index is 12.7. The van der Waals surface area contributed by atoms with Crippen molar-refractivity contribution in [3.05, 3.63) is 59.0 Å². The van der Waals surface area contributed by atoms with Gasteiger partial charge in [0.15, 0.2) is 5.82 Å². The summed E-state index contributed by atoms with van der Waals surface area (Å²) in [7, 11) is 1.63. The van der Waals surface area contributed by atoms with Gasteiger partial charge in [-0.05, 0) is 24.5 Å². The van der Waals surface area contributed by atoms with E-state index in [2.05, 4.69) is 25.3 Å². The maximum Gasteiger partial charge on any atom is 0.331 e. The number of azo groups is 1. The molecule has 1 aliphatic heterocycles. The van der Waals surface area contributed by atoms with Crippen molar-refractivity contribution in [3.63, 3.8) is 0 Å². The van der Waals surface area contributed by atoms with E-state index in [4.69, 9.17) is 6.57 Å². The van der Waals surface area contributed by atoms with Crippen LogP contribution in [0.2, 0.25) is 0 Å². The number of aromatic amines is 1. The standard InChI is InChI=1S/C20H23N7O2/c1-12-14(22-24-17-15(21-5)16(23-25-17)20(2,3)4)18(28)27(19(29)26(12)6)13-10-8-7-9-11-13/h7-12,28H,1-4,6H3,(H,23,25)/b24-22+. The van der Waals surface area contributed by atoms with E-state index in [0.717, 1.165) is 0 Å². The molecule has 0 saturated heterocycles. The Balaban J connectivity index is 2.05. The molecule has 2 heterocycles. The molecule has 3 rings (SSSR count). The summed E-state index contributed by atoms with van der Waals surface area (Å²) in [4.78, 5) is 18.9. The van der Waals surface area contributed by atoms with Gasteiger partial charge in [0, 0.05) is 7.05 Å². The molecule has 0 aliphatic carbocycles. The van der Waals surface area contributed by atoms with Crippen LogP contribution in [0.5, 0.6) is 0 Å². The number of nitrogens with one attached hydrogen (secondary N) is 1. The first-order chi connectivity index (χ1) is 13.7. The van der Waals surface area contributed by atoms with Crippen molar-refractivity contribution >= 4 is 23.2 Å². The first kappa shape index (κ1) is 20.1. The molecule has 150 valence electrons. The molecule has 1 aromatic carbocycles. The average Bonchev–Trinajstić information content (AvgIpc) is 3.10. The summed E-state index contributed by atoms with van der Waals surface area (Å²) in [6.45, 7) is 15.1. The zero-order valence-electron chi connectivity index (χ0n) is 17.0. The van der Waals surface area contributed by atoms with E-state index in [9.17, 15) is 9.90 Å². The molecular formula is C20H23N7O2. The van der Waals surface area contributed by atoms with Gasteiger partial charge in [-0.1, -0.05) is 39.0 Å². The van der Waals surface area contributed by atoms with Crippen LogP contribution in [0.3, 0.4) is 0 Å². The highest BCUT2D eigenvalue weighted by molar-refractivity contribution is 5.96. The van der Waals surface area contributed by atoms with Gasteiger partial charge >= 0.3 is 6.03 Å². The number of para-hydroxylation sites is 1. The lowest BCUT2D eigenvalue weighted by atomic mass is 9.91. The summed E-state index contributed by atoms with van der Waals surface area (Å²) in [6.07, 6.45) is 0. The van der Waals surface area contributed by atoms with Crippen LogP contribution in [0.1, 0.15) is 33.4 Å². The SMILES string of the molecule is [C-]#[N+]c1c(C(C)(C)C)n[nH]c1/N=N/C1=C(O)N(c2ccccc2)C(=O)N(C)C1C. The molecule has 1 aromatic heterocycles. The van der Waals surface area contributed by atoms with E-state index >= 15 is 0 Å². The summed E-state index contributed by atoms with van der Waals surface area (Å²) >= 11 is 0. The zero-order chi connectivity index (χ0) is 21.3. The number of H-pyrrole nitrogens is 1. The number of benzene rings is 1. The van der Waals surface area contributed by atoms with Crippen LogP contribution in [-0.2, 0) is 5.41 Å². The summed E-state index contributed by atoms with van der Waals surface area (Å²) in [5.41, 5.74) is 1.27. The molecule has 0 spiro atoms. The van der Waals surface area contributed by atoms with Crippen molar-refractivity contribution in [1.29, 1.82) is 0 Å². The smallest absolute Gasteiger partial charge is 0.331 e. The second-order valence-corrected chi connectivity index (χ2v) is 7.78. The Morgan fingerprint density at radius 2 is 1.90 bits per heavy atom. The third-order valence-corrected chi connectivity index (χ3v) is 4.73. The number of rotatable bonds is 3. The Morgan fingerprint density at radius 3 is 2.48 bits per heavy atom. The van der Waals surface area contributed by atoms with Gasteiger partial charge in [-0.3, -0.25) is 5.10 Å². The lowest BCUT2D eigenvalue weighted by Crippen LogP contribution is -2.50. The molecule has 1 aliphatic rings. The summed E-state index contributed by atoms with van der Waals surface area (Å²) in [6, 6.07) is 7.92. The molecule has 0 radical (unpaired) electrons. The van der Waals surface area contributed by atoms with E-state index in [0.29, 0.717) is 11.4 Å². The number of carbonyl (C=O) groups is 1. The molecule has 29 heavy (non-hydrogen) atoms. The number of urea groups is 1. The number of anilines is 1. The molecular weight excluding hydrogens is 370 g/mol. The number of amides is 2. The van der Waals surface area contributed by atoms with Gasteiger partial charge in [0.1, 0.15) is 5.70 Å². The Labute approximate surface area is 169 Å². The summed E-state index contributed by atoms with van der Waals surface area (Å²) in [5, 5.41) is 26.1. The second-order valence-electron chi connectivity index (χ2n) is 7.78. The highest BCUT2D eigenvalue weighted by Gasteiger charge is 2.37. The predicted octanol–water partition coefficient (Wildman–Crippen LogP) is 5.03. The number of aromatic nitrogens is 2. The van der Waals surface area contributed by atoms with Crippen LogP contribution >= 0.6 is 0 Å². The number of carbonyl (C=O) groups excluding carboxylic acids is 1. The van der Waals surface area contributed by atoms with Gasteiger partial charge < -0.3 is 10.0 Å². The Kier molecular flexibility index (Phi) is 5.12. The minimum atomic E-state index is -0.507. The van der Waals surface area contributed by atoms with Crippen molar-refractivity contribution in [2.75, 3.05) is 11.9 Å². The minimum Gasteiger partial charge on any atom is -0.493 e. The number of aliphatic hydroxyl groups excluding tert-OH is 1. The quantitative estimate of drug-likeness (QED) is 0.565. The fourth-order valence-corrected chi connectivity index (χ4v) is 2.97. The molecule has 2 aromatic rings. The Hall–Kier alpha value is -3.67. The fourth-order valence-electron chi connectivity index (χ4n) is 2.97. The van der Waals surface area contributed by atoms with E-state index in [-0.39, 0.29) is 34.5 Å². The van der Waals surface area contributed by atoms with Crippen LogP contribution in [-0.4, -0.2) is 39.3 Å². The minimum absolute atomic E-state index is 0.207. The monoisotopic (exact) mass is 393 g/mol. The van der Waals surface area contributed by atoms with Crippen molar-refractivity contribution in [3.8, 4) is 0 Å². The molecule has 0 fully saturated rings. The maximum absolute atomic E-state index is 12.7. The number of aliphatic hydroxyl groups is 1. The van der Waals surface area contributed by atoms with Crippen LogP contribution < -0.4 is 4.90 Å². The third-order valence-electron chi connectivity index (χ3n) is 4.73. The third kappa shape index (κ3) is 3.57. The number of nitrogens with zero attached hydrogens (tertiary/aromatic N) is 6. The van der Waals surface area contributed by atoms with E-state index < -0.39 is 6.04 Å². The average molecular weight is 393 g/mol. The number of likely N-dealkylation sites (N-methyl/N-ethyl adjacent to an activating group) is 1. The normalized spacial score (nSPS) is 17.9. The van der Waals surface area contributed by atoms with Gasteiger partial charge in [0.2, 0.25) is 5.88 Å². The van der Waals surface area contributed by atoms with E-state index in [1.54, 1.807) is 38.2 Å². The lowest BCUT2D eigenvalue weighted by molar-refractivity contribution is 0.193. The van der Waals surface area contributed by atoms with Gasteiger partial charge in [-0.25, -0.2) is 14.5 Å². The van der Waals surface area contributed by atoms with E-state index in [1.165, 1.54) is 9.80 Å². The molecule has 1 atom stereocenters. The van der Waals surface area contributed by atoms with Crippen molar-refractivity contribution < 1.29 is 9.90 Å². The molecule has 9 heteroatoms. The van der Waals surface area contributed by atoms with Crippen molar-refractivity contribution in [2.45, 2.75) is 39.2 Å². The largest absolute Gasteiger partial charge is 0.493 e. The van der Waals surface area contributed by atoms with Gasteiger partial charge in [0.05, 0.1) is 24.0 Å². The predicted molar refractivity (Wildman–Crippen MR) is 109 cm³/mol. The lowest BCUT2D eigenvalue weighted by Gasteiger charge is -2.36. The Morgan fingerprint density at radius 1 is 1.24 bits per heavy atom. The second kappa shape index (κ2) is 7.39. The summed E-state index contributed by atoms with van der Waals surface area (Å²) < 4.78 is 0. The highest BCUT2D eigenvalue weighted by atomic mass is 16.3. The van der Waals surface area contributed by atoms with Crippen LogP contribution in [0.25, 0.3) is 4.85 Å². The molecule has 1 unspecified atom stereocenters. The van der Waals surface area contributed by atoms with Gasteiger partial charge in [0.25, 0.3) is 5.69 Å².